The second-order valence-corrected chi connectivity index (χ2v) is 11.0. The van der Waals surface area contributed by atoms with Crippen molar-refractivity contribution >= 4 is 15.7 Å². The van der Waals surface area contributed by atoms with E-state index in [0.29, 0.717) is 11.1 Å². The summed E-state index contributed by atoms with van der Waals surface area (Å²) in [5.41, 5.74) is 1.20. The molecule has 2 rings (SSSR count). The number of sulfone groups is 1. The number of carbonyl (C=O) groups is 1. The van der Waals surface area contributed by atoms with Gasteiger partial charge in [-0.1, -0.05) is 57.2 Å². The minimum absolute atomic E-state index is 0.0356. The van der Waals surface area contributed by atoms with E-state index in [0.717, 1.165) is 6.26 Å². The summed E-state index contributed by atoms with van der Waals surface area (Å²) in [6.45, 7) is 5.43. The fourth-order valence-corrected chi connectivity index (χ4v) is 4.12. The maximum Gasteiger partial charge on any atom is 0.407 e. The average molecular weight is 510 g/mol. The topological polar surface area (TPSA) is 99.1 Å². The molecular formula is C25H30F3N3O3S. The number of nitrogens with one attached hydrogen (secondary N) is 2. The van der Waals surface area contributed by atoms with Crippen LogP contribution in [0.5, 0.6) is 0 Å². The number of carbonyl (C=O) groups excluding carboxylic acids is 1. The van der Waals surface area contributed by atoms with Crippen molar-refractivity contribution in [1.29, 1.82) is 5.26 Å². The molecule has 0 heterocycles. The molecule has 0 aliphatic carbocycles. The van der Waals surface area contributed by atoms with E-state index in [1.54, 1.807) is 18.2 Å². The Labute approximate surface area is 204 Å². The van der Waals surface area contributed by atoms with Crippen molar-refractivity contribution in [3.8, 4) is 17.2 Å². The third-order valence-electron chi connectivity index (χ3n) is 5.96. The van der Waals surface area contributed by atoms with Gasteiger partial charge in [-0.3, -0.25) is 10.1 Å². The van der Waals surface area contributed by atoms with Crippen LogP contribution in [-0.4, -0.2) is 39.3 Å². The highest BCUT2D eigenvalue weighted by Gasteiger charge is 2.43. The molecule has 0 saturated heterocycles. The molecule has 35 heavy (non-hydrogen) atoms. The van der Waals surface area contributed by atoms with Crippen LogP contribution in [0.4, 0.5) is 13.2 Å². The van der Waals surface area contributed by atoms with Gasteiger partial charge in [-0.05, 0) is 47.1 Å². The minimum Gasteiger partial charge on any atom is -0.342 e. The predicted molar refractivity (Wildman–Crippen MR) is 128 cm³/mol. The summed E-state index contributed by atoms with van der Waals surface area (Å²) in [5, 5.41) is 13.6. The molecule has 10 heteroatoms. The second kappa shape index (κ2) is 11.7. The van der Waals surface area contributed by atoms with Gasteiger partial charge >= 0.3 is 6.18 Å². The van der Waals surface area contributed by atoms with Crippen molar-refractivity contribution < 1.29 is 26.4 Å². The SMILES string of the molecule is CC(C)C(C)CC(NC(c1ccc(-c2ccc(S(C)(=O)=O)cc2)cc1)C(F)(F)F)C(=O)NCC#N. The van der Waals surface area contributed by atoms with Gasteiger partial charge in [-0.2, -0.15) is 18.4 Å². The van der Waals surface area contributed by atoms with Gasteiger partial charge in [0.05, 0.1) is 17.0 Å². The summed E-state index contributed by atoms with van der Waals surface area (Å²) in [6.07, 6.45) is -3.41. The van der Waals surface area contributed by atoms with Crippen molar-refractivity contribution in [3.63, 3.8) is 0 Å². The number of hydrogen-bond donors (Lipinski definition) is 2. The van der Waals surface area contributed by atoms with E-state index in [4.69, 9.17) is 5.26 Å². The Morgan fingerprint density at radius 3 is 1.94 bits per heavy atom. The van der Waals surface area contributed by atoms with Gasteiger partial charge in [0.15, 0.2) is 9.84 Å². The van der Waals surface area contributed by atoms with E-state index in [1.807, 2.05) is 20.8 Å². The lowest BCUT2D eigenvalue weighted by molar-refractivity contribution is -0.161. The monoisotopic (exact) mass is 509 g/mol. The molecular weight excluding hydrogens is 479 g/mol. The van der Waals surface area contributed by atoms with Gasteiger partial charge in [0.25, 0.3) is 0 Å². The lowest BCUT2D eigenvalue weighted by Crippen LogP contribution is -2.50. The second-order valence-electron chi connectivity index (χ2n) is 8.95. The van der Waals surface area contributed by atoms with Crippen LogP contribution >= 0.6 is 0 Å². The molecule has 0 saturated carbocycles. The van der Waals surface area contributed by atoms with Gasteiger partial charge in [-0.25, -0.2) is 8.42 Å². The minimum atomic E-state index is -4.67. The Balaban J connectivity index is 2.33. The van der Waals surface area contributed by atoms with Crippen molar-refractivity contribution in [2.24, 2.45) is 11.8 Å². The van der Waals surface area contributed by atoms with Crippen molar-refractivity contribution in [2.45, 2.75) is 50.3 Å². The van der Waals surface area contributed by atoms with Crippen LogP contribution in [0.3, 0.4) is 0 Å². The third-order valence-corrected chi connectivity index (χ3v) is 7.09. The Hall–Kier alpha value is -2.90. The summed E-state index contributed by atoms with van der Waals surface area (Å²) in [6, 6.07) is 10.3. The van der Waals surface area contributed by atoms with E-state index < -0.39 is 34.0 Å². The predicted octanol–water partition coefficient (Wildman–Crippen LogP) is 4.64. The molecule has 0 fully saturated rings. The number of halogens is 3. The van der Waals surface area contributed by atoms with Crippen molar-refractivity contribution in [3.05, 3.63) is 54.1 Å². The standard InChI is InChI=1S/C25H30F3N3O3S/c1-16(2)17(3)15-22(24(32)30-14-13-29)31-23(25(26,27)28)20-7-5-18(6-8-20)19-9-11-21(12-10-19)35(4,33)34/h5-12,16-17,22-23,31H,14-15H2,1-4H3,(H,30,32). The third kappa shape index (κ3) is 8.08. The largest absolute Gasteiger partial charge is 0.407 e. The van der Waals surface area contributed by atoms with Gasteiger partial charge in [-0.15, -0.1) is 0 Å². The molecule has 0 aromatic heterocycles. The summed E-state index contributed by atoms with van der Waals surface area (Å²) in [4.78, 5) is 12.7. The molecule has 0 aliphatic rings. The number of hydrogen-bond acceptors (Lipinski definition) is 5. The number of nitrogens with zero attached hydrogens (tertiary/aromatic N) is 1. The Kier molecular flexibility index (Phi) is 9.46. The molecule has 0 spiro atoms. The van der Waals surface area contributed by atoms with Crippen molar-refractivity contribution in [1.82, 2.24) is 10.6 Å². The summed E-state index contributed by atoms with van der Waals surface area (Å²) < 4.78 is 65.4. The van der Waals surface area contributed by atoms with E-state index in [9.17, 15) is 26.4 Å². The summed E-state index contributed by atoms with van der Waals surface area (Å²) in [7, 11) is -3.36. The maximum absolute atomic E-state index is 14.1. The van der Waals surface area contributed by atoms with Gasteiger partial charge in [0, 0.05) is 6.26 Å². The lowest BCUT2D eigenvalue weighted by atomic mass is 9.90. The first-order chi connectivity index (χ1) is 16.2. The fourth-order valence-electron chi connectivity index (χ4n) is 3.49. The van der Waals surface area contributed by atoms with Crippen LogP contribution in [0.1, 0.15) is 38.8 Å². The Morgan fingerprint density at radius 2 is 1.51 bits per heavy atom. The highest BCUT2D eigenvalue weighted by Crippen LogP contribution is 2.35. The van der Waals surface area contributed by atoms with Crippen LogP contribution in [-0.2, 0) is 14.6 Å². The first-order valence-corrected chi connectivity index (χ1v) is 13.0. The van der Waals surface area contributed by atoms with Crippen LogP contribution < -0.4 is 10.6 Å². The normalized spacial score (nSPS) is 14.7. The number of benzene rings is 2. The number of amides is 1. The van der Waals surface area contributed by atoms with E-state index in [2.05, 4.69) is 10.6 Å². The Bertz CT molecular complexity index is 1140. The molecule has 3 atom stereocenters. The molecule has 1 amide bonds. The molecule has 0 radical (unpaired) electrons. The zero-order chi connectivity index (χ0) is 26.4. The van der Waals surface area contributed by atoms with Gasteiger partial charge < -0.3 is 5.32 Å². The van der Waals surface area contributed by atoms with E-state index in [-0.39, 0.29) is 35.3 Å². The number of rotatable bonds is 10. The quantitative estimate of drug-likeness (QED) is 0.455. The zero-order valence-electron chi connectivity index (χ0n) is 20.1. The summed E-state index contributed by atoms with van der Waals surface area (Å²) >= 11 is 0. The fraction of sp³-hybridized carbons (Fsp3) is 0.440. The first-order valence-electron chi connectivity index (χ1n) is 11.1. The number of nitriles is 1. The van der Waals surface area contributed by atoms with Crippen LogP contribution in [0.25, 0.3) is 11.1 Å². The first kappa shape index (κ1) is 28.3. The molecule has 2 aromatic rings. The highest BCUT2D eigenvalue weighted by molar-refractivity contribution is 7.90. The molecule has 0 aliphatic heterocycles. The molecule has 6 nitrogen and oxygen atoms in total. The summed E-state index contributed by atoms with van der Waals surface area (Å²) in [5.74, 6) is -0.539. The number of alkyl halides is 3. The molecule has 3 unspecified atom stereocenters. The van der Waals surface area contributed by atoms with Crippen LogP contribution in [0.2, 0.25) is 0 Å². The lowest BCUT2D eigenvalue weighted by Gasteiger charge is -2.29. The average Bonchev–Trinajstić information content (AvgIpc) is 2.78. The molecule has 2 aromatic carbocycles. The van der Waals surface area contributed by atoms with Gasteiger partial charge in [0.1, 0.15) is 12.6 Å². The Morgan fingerprint density at radius 1 is 1.00 bits per heavy atom. The molecule has 2 N–H and O–H groups in total. The van der Waals surface area contributed by atoms with Crippen LogP contribution in [0.15, 0.2) is 53.4 Å². The molecule has 190 valence electrons. The van der Waals surface area contributed by atoms with E-state index in [1.165, 1.54) is 36.4 Å². The zero-order valence-corrected chi connectivity index (χ0v) is 20.9. The van der Waals surface area contributed by atoms with Crippen LogP contribution in [0, 0.1) is 23.2 Å². The van der Waals surface area contributed by atoms with Crippen molar-refractivity contribution in [2.75, 3.05) is 12.8 Å². The smallest absolute Gasteiger partial charge is 0.342 e. The molecule has 0 bridgehead atoms. The van der Waals surface area contributed by atoms with E-state index >= 15 is 0 Å². The highest BCUT2D eigenvalue weighted by atomic mass is 32.2. The maximum atomic E-state index is 14.1. The van der Waals surface area contributed by atoms with Gasteiger partial charge in [0.2, 0.25) is 5.91 Å².